The van der Waals surface area contributed by atoms with Gasteiger partial charge in [-0.2, -0.15) is 0 Å². The normalized spacial score (nSPS) is 11.6. The van der Waals surface area contributed by atoms with Crippen molar-refractivity contribution in [2.45, 2.75) is 20.0 Å². The minimum Gasteiger partial charge on any atom is -0.449 e. The van der Waals surface area contributed by atoms with Gasteiger partial charge in [-0.25, -0.2) is 9.78 Å². The molecule has 33 heavy (non-hydrogen) atoms. The van der Waals surface area contributed by atoms with Gasteiger partial charge >= 0.3 is 5.97 Å². The number of aromatic nitrogens is 1. The van der Waals surface area contributed by atoms with E-state index in [1.807, 2.05) is 35.7 Å². The molecular weight excluding hydrogens is 438 g/mol. The molecular formula is C25H21N3O4S. The van der Waals surface area contributed by atoms with Crippen LogP contribution >= 0.6 is 11.3 Å². The molecule has 2 N–H and O–H groups in total. The summed E-state index contributed by atoms with van der Waals surface area (Å²) in [7, 11) is 0. The first-order valence-electron chi connectivity index (χ1n) is 10.2. The molecule has 0 aliphatic carbocycles. The Morgan fingerprint density at radius 2 is 1.64 bits per heavy atom. The van der Waals surface area contributed by atoms with E-state index >= 15 is 0 Å². The van der Waals surface area contributed by atoms with Gasteiger partial charge in [0.25, 0.3) is 5.91 Å². The van der Waals surface area contributed by atoms with Crippen molar-refractivity contribution in [3.05, 3.63) is 77.7 Å². The molecule has 1 unspecified atom stereocenters. The monoisotopic (exact) mass is 459 g/mol. The van der Waals surface area contributed by atoms with Crippen LogP contribution in [0.1, 0.15) is 24.2 Å². The van der Waals surface area contributed by atoms with Gasteiger partial charge in [-0.05, 0) is 54.8 Å². The van der Waals surface area contributed by atoms with E-state index in [0.29, 0.717) is 33.5 Å². The van der Waals surface area contributed by atoms with E-state index in [1.165, 1.54) is 25.2 Å². The first-order chi connectivity index (χ1) is 15.9. The van der Waals surface area contributed by atoms with Crippen LogP contribution in [-0.4, -0.2) is 28.9 Å². The summed E-state index contributed by atoms with van der Waals surface area (Å²) in [6.07, 6.45) is -1.02. The molecule has 2 heterocycles. The average molecular weight is 460 g/mol. The van der Waals surface area contributed by atoms with E-state index in [1.54, 1.807) is 36.4 Å². The van der Waals surface area contributed by atoms with Crippen LogP contribution in [0, 0.1) is 0 Å². The summed E-state index contributed by atoms with van der Waals surface area (Å²) < 4.78 is 5.49. The second-order valence-corrected chi connectivity index (χ2v) is 8.29. The number of amides is 2. The maximum Gasteiger partial charge on any atom is 0.339 e. The zero-order chi connectivity index (χ0) is 23.4. The zero-order valence-corrected chi connectivity index (χ0v) is 18.8. The molecule has 7 nitrogen and oxygen atoms in total. The second-order valence-electron chi connectivity index (χ2n) is 7.34. The topological polar surface area (TPSA) is 97.4 Å². The fraction of sp³-hybridized carbons (Fsp3) is 0.120. The van der Waals surface area contributed by atoms with Crippen molar-refractivity contribution < 1.29 is 19.1 Å². The van der Waals surface area contributed by atoms with Gasteiger partial charge in [-0.1, -0.05) is 24.3 Å². The number of anilines is 2. The third-order valence-corrected chi connectivity index (χ3v) is 5.73. The highest BCUT2D eigenvalue weighted by molar-refractivity contribution is 7.13. The number of thiophene rings is 1. The van der Waals surface area contributed by atoms with E-state index in [9.17, 15) is 14.4 Å². The number of nitrogens with one attached hydrogen (secondary N) is 2. The molecule has 4 aromatic rings. The van der Waals surface area contributed by atoms with E-state index in [2.05, 4.69) is 15.6 Å². The van der Waals surface area contributed by atoms with Crippen molar-refractivity contribution >= 4 is 51.4 Å². The predicted molar refractivity (Wildman–Crippen MR) is 129 cm³/mol. The number of hydrogen-bond acceptors (Lipinski definition) is 6. The third kappa shape index (κ3) is 5.24. The number of para-hydroxylation sites is 1. The van der Waals surface area contributed by atoms with Gasteiger partial charge in [-0.15, -0.1) is 11.3 Å². The predicted octanol–water partition coefficient (Wildman–Crippen LogP) is 5.11. The fourth-order valence-electron chi connectivity index (χ4n) is 3.26. The van der Waals surface area contributed by atoms with Crippen LogP contribution in [0.3, 0.4) is 0 Å². The first kappa shape index (κ1) is 22.2. The number of hydrogen-bond donors (Lipinski definition) is 2. The Labute approximate surface area is 194 Å². The molecule has 0 saturated carbocycles. The average Bonchev–Trinajstić information content (AvgIpc) is 3.34. The van der Waals surface area contributed by atoms with Crippen LogP contribution in [0.4, 0.5) is 11.4 Å². The Kier molecular flexibility index (Phi) is 6.46. The minimum absolute atomic E-state index is 0.182. The number of pyridine rings is 1. The number of rotatable bonds is 6. The molecule has 166 valence electrons. The van der Waals surface area contributed by atoms with Crippen LogP contribution < -0.4 is 10.6 Å². The maximum atomic E-state index is 13.0. The molecule has 0 fully saturated rings. The number of fused-ring (bicyclic) bond motifs is 1. The Morgan fingerprint density at radius 1 is 0.939 bits per heavy atom. The van der Waals surface area contributed by atoms with Gasteiger partial charge < -0.3 is 15.4 Å². The van der Waals surface area contributed by atoms with E-state index < -0.39 is 18.0 Å². The van der Waals surface area contributed by atoms with Crippen molar-refractivity contribution in [2.75, 3.05) is 10.6 Å². The van der Waals surface area contributed by atoms with Crippen LogP contribution in [0.25, 0.3) is 21.5 Å². The summed E-state index contributed by atoms with van der Waals surface area (Å²) in [6, 6.07) is 19.5. The summed E-state index contributed by atoms with van der Waals surface area (Å²) in [6.45, 7) is 2.93. The summed E-state index contributed by atoms with van der Waals surface area (Å²) in [5, 5.41) is 7.97. The van der Waals surface area contributed by atoms with Crippen molar-refractivity contribution in [2.24, 2.45) is 0 Å². The van der Waals surface area contributed by atoms with E-state index in [0.717, 1.165) is 4.88 Å². The molecule has 0 aliphatic heterocycles. The van der Waals surface area contributed by atoms with Gasteiger partial charge in [-0.3, -0.25) is 9.59 Å². The maximum absolute atomic E-state index is 13.0. The third-order valence-electron chi connectivity index (χ3n) is 4.84. The molecule has 0 aliphatic rings. The summed E-state index contributed by atoms with van der Waals surface area (Å²) in [4.78, 5) is 42.3. The lowest BCUT2D eigenvalue weighted by Gasteiger charge is -2.15. The van der Waals surface area contributed by atoms with E-state index in [-0.39, 0.29) is 5.91 Å². The summed E-state index contributed by atoms with van der Waals surface area (Å²) >= 11 is 1.53. The largest absolute Gasteiger partial charge is 0.449 e. The second kappa shape index (κ2) is 9.62. The number of benzene rings is 2. The van der Waals surface area contributed by atoms with Crippen LogP contribution in [0.5, 0.6) is 0 Å². The lowest BCUT2D eigenvalue weighted by molar-refractivity contribution is -0.123. The number of carbonyl (C=O) groups excluding carboxylic acids is 3. The van der Waals surface area contributed by atoms with Gasteiger partial charge in [0, 0.05) is 23.7 Å². The van der Waals surface area contributed by atoms with Gasteiger partial charge in [0.05, 0.1) is 21.7 Å². The number of carbonyl (C=O) groups is 3. The molecule has 1 atom stereocenters. The van der Waals surface area contributed by atoms with Crippen molar-refractivity contribution in [3.8, 4) is 10.6 Å². The highest BCUT2D eigenvalue weighted by atomic mass is 32.1. The summed E-state index contributed by atoms with van der Waals surface area (Å²) in [5.74, 6) is -1.25. The Morgan fingerprint density at radius 3 is 2.30 bits per heavy atom. The zero-order valence-electron chi connectivity index (χ0n) is 18.0. The quantitative estimate of drug-likeness (QED) is 0.391. The van der Waals surface area contributed by atoms with E-state index in [4.69, 9.17) is 4.74 Å². The van der Waals surface area contributed by atoms with Crippen molar-refractivity contribution in [1.82, 2.24) is 4.98 Å². The van der Waals surface area contributed by atoms with Crippen LogP contribution in [0.2, 0.25) is 0 Å². The van der Waals surface area contributed by atoms with Crippen LogP contribution in [-0.2, 0) is 14.3 Å². The Bertz CT molecular complexity index is 1320. The first-order valence-corrected chi connectivity index (χ1v) is 11.1. The van der Waals surface area contributed by atoms with Gasteiger partial charge in [0.1, 0.15) is 0 Å². The highest BCUT2D eigenvalue weighted by Gasteiger charge is 2.22. The molecule has 0 radical (unpaired) electrons. The van der Waals surface area contributed by atoms with Gasteiger partial charge in [0.2, 0.25) is 5.91 Å². The molecule has 4 rings (SSSR count). The smallest absolute Gasteiger partial charge is 0.339 e. The molecule has 0 bridgehead atoms. The molecule has 0 spiro atoms. The number of esters is 1. The molecule has 0 saturated heterocycles. The number of nitrogens with zero attached hydrogens (tertiary/aromatic N) is 1. The molecule has 2 aromatic carbocycles. The number of ether oxygens (including phenoxy) is 1. The Hall–Kier alpha value is -4.04. The molecule has 2 aromatic heterocycles. The van der Waals surface area contributed by atoms with Crippen LogP contribution in [0.15, 0.2) is 72.1 Å². The lowest BCUT2D eigenvalue weighted by atomic mass is 10.1. The van der Waals surface area contributed by atoms with Gasteiger partial charge in [0.15, 0.2) is 6.10 Å². The molecule has 2 amide bonds. The van der Waals surface area contributed by atoms with Crippen molar-refractivity contribution in [1.29, 1.82) is 0 Å². The summed E-state index contributed by atoms with van der Waals surface area (Å²) in [5.41, 5.74) is 2.83. The SMILES string of the molecule is CC(=O)Nc1ccc(NC(=O)C(C)OC(=O)c2cc(-c3cccs3)nc3ccccc23)cc1. The highest BCUT2D eigenvalue weighted by Crippen LogP contribution is 2.28. The fourth-order valence-corrected chi connectivity index (χ4v) is 3.94. The lowest BCUT2D eigenvalue weighted by Crippen LogP contribution is -2.30. The molecule has 8 heteroatoms. The Balaban J connectivity index is 1.50. The van der Waals surface area contributed by atoms with Crippen molar-refractivity contribution in [3.63, 3.8) is 0 Å². The minimum atomic E-state index is -1.02. The standard InChI is InChI=1S/C25H21N3O4S/c1-15(24(30)27-18-11-9-17(10-12-18)26-16(2)29)32-25(31)20-14-22(23-8-5-13-33-23)28-21-7-4-3-6-19(20)21/h3-15H,1-2H3,(H,26,29)(H,27,30).